The molecule has 1 atom stereocenters. The molecule has 0 N–H and O–H groups in total. The van der Waals surface area contributed by atoms with Crippen LogP contribution < -0.4 is 8.49 Å². The minimum Gasteiger partial charge on any atom is -0.465 e. The van der Waals surface area contributed by atoms with Crippen molar-refractivity contribution in [3.63, 3.8) is 0 Å². The topological polar surface area (TPSA) is 55.8 Å². The molecular formula is C18H21NO4S. The van der Waals surface area contributed by atoms with Gasteiger partial charge in [0.1, 0.15) is 12.3 Å². The molecule has 24 heavy (non-hydrogen) atoms. The van der Waals surface area contributed by atoms with Gasteiger partial charge in [-0.05, 0) is 45.0 Å². The predicted molar refractivity (Wildman–Crippen MR) is 95.1 cm³/mol. The minimum atomic E-state index is -1.86. The molecule has 0 heterocycles. The van der Waals surface area contributed by atoms with Crippen molar-refractivity contribution in [1.29, 1.82) is 0 Å². The van der Waals surface area contributed by atoms with Gasteiger partial charge in [0.15, 0.2) is 0 Å². The smallest absolute Gasteiger partial charge is 0.326 e. The summed E-state index contributed by atoms with van der Waals surface area (Å²) >= 11 is -1.86. The molecule has 0 radical (unpaired) electrons. The van der Waals surface area contributed by atoms with E-state index in [1.165, 1.54) is 4.31 Å². The third kappa shape index (κ3) is 5.09. The highest BCUT2D eigenvalue weighted by atomic mass is 32.2. The van der Waals surface area contributed by atoms with Gasteiger partial charge in [-0.2, -0.15) is 4.21 Å². The Morgan fingerprint density at radius 3 is 2.08 bits per heavy atom. The quantitative estimate of drug-likeness (QED) is 0.721. The molecule has 2 rings (SSSR count). The van der Waals surface area contributed by atoms with Crippen LogP contribution in [0.2, 0.25) is 0 Å². The monoisotopic (exact) mass is 347 g/mol. The summed E-state index contributed by atoms with van der Waals surface area (Å²) in [7, 11) is 0. The number of carbonyl (C=O) groups is 1. The number of esters is 1. The van der Waals surface area contributed by atoms with Crippen molar-refractivity contribution in [2.75, 3.05) is 17.5 Å². The zero-order valence-corrected chi connectivity index (χ0v) is 14.8. The summed E-state index contributed by atoms with van der Waals surface area (Å²) < 4.78 is 24.5. The van der Waals surface area contributed by atoms with Crippen molar-refractivity contribution in [1.82, 2.24) is 0 Å². The van der Waals surface area contributed by atoms with Gasteiger partial charge in [-0.25, -0.2) is 4.31 Å². The summed E-state index contributed by atoms with van der Waals surface area (Å²) in [6.45, 7) is 5.76. The minimum absolute atomic E-state index is 0.157. The molecule has 2 aromatic carbocycles. The van der Waals surface area contributed by atoms with Crippen LogP contribution in [0.4, 0.5) is 5.69 Å². The highest BCUT2D eigenvalue weighted by Gasteiger charge is 2.20. The second-order valence-corrected chi connectivity index (χ2v) is 6.33. The van der Waals surface area contributed by atoms with E-state index < -0.39 is 17.2 Å². The SMILES string of the molecule is CCOC(=O)CN(c1ccc(C)cc1)S(=O)Oc1ccc(C)cc1. The molecule has 0 aliphatic heterocycles. The number of rotatable bonds is 7. The van der Waals surface area contributed by atoms with E-state index in [1.54, 1.807) is 31.2 Å². The molecular weight excluding hydrogens is 326 g/mol. The number of carbonyl (C=O) groups excluding carboxylic acids is 1. The van der Waals surface area contributed by atoms with Gasteiger partial charge in [-0.3, -0.25) is 4.79 Å². The van der Waals surface area contributed by atoms with Crippen molar-refractivity contribution in [2.24, 2.45) is 0 Å². The number of hydrogen-bond donors (Lipinski definition) is 0. The van der Waals surface area contributed by atoms with E-state index in [0.717, 1.165) is 11.1 Å². The van der Waals surface area contributed by atoms with E-state index in [9.17, 15) is 9.00 Å². The largest absolute Gasteiger partial charge is 0.465 e. The van der Waals surface area contributed by atoms with E-state index in [1.807, 2.05) is 38.1 Å². The van der Waals surface area contributed by atoms with Crippen LogP contribution in [0.25, 0.3) is 0 Å². The Balaban J connectivity index is 2.20. The number of anilines is 1. The Morgan fingerprint density at radius 2 is 1.54 bits per heavy atom. The molecule has 128 valence electrons. The predicted octanol–water partition coefficient (Wildman–Crippen LogP) is 3.33. The summed E-state index contributed by atoms with van der Waals surface area (Å²) in [5.74, 6) is 0.0128. The van der Waals surface area contributed by atoms with Gasteiger partial charge in [0, 0.05) is 0 Å². The summed E-state index contributed by atoms with van der Waals surface area (Å²) in [6, 6.07) is 14.6. The second-order valence-electron chi connectivity index (χ2n) is 5.29. The molecule has 0 saturated carbocycles. The Hall–Kier alpha value is -2.34. The number of ether oxygens (including phenoxy) is 1. The van der Waals surface area contributed by atoms with Crippen LogP contribution in [-0.2, 0) is 20.8 Å². The summed E-state index contributed by atoms with van der Waals surface area (Å²) in [5, 5.41) is 0. The van der Waals surface area contributed by atoms with Crippen LogP contribution in [0.5, 0.6) is 5.75 Å². The summed E-state index contributed by atoms with van der Waals surface area (Å²) in [6.07, 6.45) is 0. The normalized spacial score (nSPS) is 11.6. The molecule has 0 aromatic heterocycles. The highest BCUT2D eigenvalue weighted by molar-refractivity contribution is 7.82. The van der Waals surface area contributed by atoms with Crippen LogP contribution >= 0.6 is 0 Å². The zero-order chi connectivity index (χ0) is 17.5. The van der Waals surface area contributed by atoms with Gasteiger partial charge < -0.3 is 8.92 Å². The first-order valence-electron chi connectivity index (χ1n) is 7.66. The lowest BCUT2D eigenvalue weighted by atomic mass is 10.2. The van der Waals surface area contributed by atoms with E-state index in [-0.39, 0.29) is 13.2 Å². The molecule has 1 unspecified atom stereocenters. The maximum atomic E-state index is 12.6. The lowest BCUT2D eigenvalue weighted by Gasteiger charge is -2.21. The van der Waals surface area contributed by atoms with Crippen molar-refractivity contribution in [3.05, 3.63) is 59.7 Å². The molecule has 0 aliphatic rings. The molecule has 0 aliphatic carbocycles. The van der Waals surface area contributed by atoms with E-state index in [2.05, 4.69) is 0 Å². The molecule has 0 fully saturated rings. The second kappa shape index (κ2) is 8.49. The summed E-state index contributed by atoms with van der Waals surface area (Å²) in [4.78, 5) is 11.8. The van der Waals surface area contributed by atoms with Gasteiger partial charge >= 0.3 is 17.2 Å². The molecule has 0 amide bonds. The third-order valence-corrected chi connectivity index (χ3v) is 4.30. The van der Waals surface area contributed by atoms with E-state index >= 15 is 0 Å². The maximum absolute atomic E-state index is 12.6. The molecule has 0 bridgehead atoms. The Labute approximate surface area is 145 Å². The van der Waals surface area contributed by atoms with Crippen LogP contribution in [0.1, 0.15) is 18.1 Å². The number of benzene rings is 2. The number of hydrogen-bond acceptors (Lipinski definition) is 4. The van der Waals surface area contributed by atoms with E-state index in [4.69, 9.17) is 8.92 Å². The Kier molecular flexibility index (Phi) is 6.37. The van der Waals surface area contributed by atoms with Crippen LogP contribution in [0.15, 0.2) is 48.5 Å². The van der Waals surface area contributed by atoms with Crippen molar-refractivity contribution in [2.45, 2.75) is 20.8 Å². The first-order valence-corrected chi connectivity index (χ1v) is 8.69. The standard InChI is InChI=1S/C18H21NO4S/c1-4-22-18(20)13-19(16-9-5-14(2)6-10-16)24(21)23-17-11-7-15(3)8-12-17/h5-12H,4,13H2,1-3H3. The number of aryl methyl sites for hydroxylation is 2. The summed E-state index contributed by atoms with van der Waals surface area (Å²) in [5.41, 5.74) is 2.77. The van der Waals surface area contributed by atoms with Crippen molar-refractivity contribution in [3.8, 4) is 5.75 Å². The fourth-order valence-corrected chi connectivity index (χ4v) is 2.86. The van der Waals surface area contributed by atoms with Crippen LogP contribution in [0, 0.1) is 13.8 Å². The van der Waals surface area contributed by atoms with Crippen molar-refractivity contribution < 1.29 is 17.9 Å². The molecule has 6 heteroatoms. The van der Waals surface area contributed by atoms with Crippen LogP contribution in [-0.4, -0.2) is 23.3 Å². The van der Waals surface area contributed by atoms with Gasteiger partial charge in [0.2, 0.25) is 0 Å². The van der Waals surface area contributed by atoms with Crippen molar-refractivity contribution >= 4 is 22.9 Å². The molecule has 0 saturated heterocycles. The van der Waals surface area contributed by atoms with Gasteiger partial charge in [0.05, 0.1) is 12.3 Å². The first-order chi connectivity index (χ1) is 11.5. The number of nitrogens with zero attached hydrogens (tertiary/aromatic N) is 1. The molecule has 0 spiro atoms. The maximum Gasteiger partial charge on any atom is 0.326 e. The fraction of sp³-hybridized carbons (Fsp3) is 0.278. The lowest BCUT2D eigenvalue weighted by molar-refractivity contribution is -0.141. The van der Waals surface area contributed by atoms with Crippen LogP contribution in [0.3, 0.4) is 0 Å². The average molecular weight is 347 g/mol. The first kappa shape index (κ1) is 18.0. The van der Waals surface area contributed by atoms with Gasteiger partial charge in [-0.1, -0.05) is 35.4 Å². The highest BCUT2D eigenvalue weighted by Crippen LogP contribution is 2.20. The van der Waals surface area contributed by atoms with E-state index in [0.29, 0.717) is 11.4 Å². The van der Waals surface area contributed by atoms with Gasteiger partial charge in [-0.15, -0.1) is 0 Å². The molecule has 2 aromatic rings. The third-order valence-electron chi connectivity index (χ3n) is 3.27. The Bertz CT molecular complexity index is 698. The zero-order valence-electron chi connectivity index (χ0n) is 14.0. The fourth-order valence-electron chi connectivity index (χ4n) is 1.99. The molecule has 5 nitrogen and oxygen atoms in total. The Morgan fingerprint density at radius 1 is 1.00 bits per heavy atom. The van der Waals surface area contributed by atoms with Gasteiger partial charge in [0.25, 0.3) is 0 Å². The average Bonchev–Trinajstić information content (AvgIpc) is 2.56. The lowest BCUT2D eigenvalue weighted by Crippen LogP contribution is -2.35.